The lowest BCUT2D eigenvalue weighted by Gasteiger charge is -2.33. The van der Waals surface area contributed by atoms with Gasteiger partial charge in [-0.15, -0.1) is 0 Å². The van der Waals surface area contributed by atoms with E-state index in [1.165, 1.54) is 6.42 Å². The molecule has 1 N–H and O–H groups in total. The van der Waals surface area contributed by atoms with Crippen molar-refractivity contribution in [3.8, 4) is 0 Å². The van der Waals surface area contributed by atoms with E-state index in [4.69, 9.17) is 23.2 Å². The van der Waals surface area contributed by atoms with Gasteiger partial charge in [0, 0.05) is 22.6 Å². The van der Waals surface area contributed by atoms with Crippen LogP contribution in [0.3, 0.4) is 0 Å². The lowest BCUT2D eigenvalue weighted by molar-refractivity contribution is -0.141. The van der Waals surface area contributed by atoms with Gasteiger partial charge in [0.05, 0.1) is 6.42 Å². The summed E-state index contributed by atoms with van der Waals surface area (Å²) in [6.45, 7) is 2.20. The highest BCUT2D eigenvalue weighted by atomic mass is 35.5. The van der Waals surface area contributed by atoms with Gasteiger partial charge in [0.1, 0.15) is 6.04 Å². The molecule has 0 spiro atoms. The normalized spacial score (nSPS) is 15.3. The van der Waals surface area contributed by atoms with Gasteiger partial charge >= 0.3 is 0 Å². The summed E-state index contributed by atoms with van der Waals surface area (Å²) in [5.74, 6) is -0.177. The zero-order chi connectivity index (χ0) is 22.2. The molecule has 0 heterocycles. The highest BCUT2D eigenvalue weighted by molar-refractivity contribution is 6.35. The molecule has 3 rings (SSSR count). The first-order valence-corrected chi connectivity index (χ1v) is 11.8. The van der Waals surface area contributed by atoms with Crippen molar-refractivity contribution in [1.29, 1.82) is 0 Å². The van der Waals surface area contributed by atoms with Crippen molar-refractivity contribution in [3.05, 3.63) is 69.7 Å². The molecule has 2 aromatic rings. The van der Waals surface area contributed by atoms with Gasteiger partial charge < -0.3 is 10.2 Å². The quantitative estimate of drug-likeness (QED) is 0.541. The molecule has 0 bridgehead atoms. The third kappa shape index (κ3) is 6.72. The Hall–Kier alpha value is -2.04. The molecule has 166 valence electrons. The number of carbonyl (C=O) groups is 2. The fourth-order valence-electron chi connectivity index (χ4n) is 4.17. The van der Waals surface area contributed by atoms with Crippen molar-refractivity contribution in [2.24, 2.45) is 0 Å². The van der Waals surface area contributed by atoms with Crippen molar-refractivity contribution in [1.82, 2.24) is 10.2 Å². The Labute approximate surface area is 194 Å². The summed E-state index contributed by atoms with van der Waals surface area (Å²) < 4.78 is 0. The largest absolute Gasteiger partial charge is 0.352 e. The Morgan fingerprint density at radius 1 is 1.06 bits per heavy atom. The molecule has 1 atom stereocenters. The van der Waals surface area contributed by atoms with E-state index in [9.17, 15) is 9.59 Å². The number of nitrogens with zero attached hydrogens (tertiary/aromatic N) is 1. The summed E-state index contributed by atoms with van der Waals surface area (Å²) in [7, 11) is 0. The first kappa shape index (κ1) is 23.6. The van der Waals surface area contributed by atoms with E-state index in [1.54, 1.807) is 17.0 Å². The van der Waals surface area contributed by atoms with E-state index in [2.05, 4.69) is 5.32 Å². The molecule has 1 saturated carbocycles. The summed E-state index contributed by atoms with van der Waals surface area (Å²) in [4.78, 5) is 28.2. The Morgan fingerprint density at radius 3 is 2.42 bits per heavy atom. The number of hydrogen-bond donors (Lipinski definition) is 1. The number of nitrogens with one attached hydrogen (secondary N) is 1. The van der Waals surface area contributed by atoms with E-state index in [1.807, 2.05) is 43.3 Å². The second-order valence-corrected chi connectivity index (χ2v) is 9.03. The monoisotopic (exact) mass is 460 g/mol. The van der Waals surface area contributed by atoms with Crippen LogP contribution in [0, 0.1) is 0 Å². The predicted molar refractivity (Wildman–Crippen MR) is 126 cm³/mol. The summed E-state index contributed by atoms with van der Waals surface area (Å²) in [5.41, 5.74) is 1.69. The van der Waals surface area contributed by atoms with Crippen LogP contribution in [0.2, 0.25) is 10.0 Å². The average molecular weight is 461 g/mol. The summed E-state index contributed by atoms with van der Waals surface area (Å²) in [6.07, 6.45) is 6.27. The van der Waals surface area contributed by atoms with Crippen LogP contribution >= 0.6 is 23.2 Å². The molecule has 0 radical (unpaired) electrons. The molecule has 6 heteroatoms. The fourth-order valence-corrected chi connectivity index (χ4v) is 4.64. The molecule has 1 fully saturated rings. The number of rotatable bonds is 8. The van der Waals surface area contributed by atoms with Gasteiger partial charge in [-0.1, -0.05) is 85.8 Å². The van der Waals surface area contributed by atoms with Crippen LogP contribution in [0.25, 0.3) is 0 Å². The molecule has 0 aromatic heterocycles. The standard InChI is InChI=1S/C25H30Cl2N2O2/c1-2-23(25(31)28-21-11-7-4-8-12-21)29(17-19-13-14-20(26)16-22(19)27)24(30)15-18-9-5-3-6-10-18/h3,5-6,9-10,13-14,16,21,23H,2,4,7-8,11-12,15,17H2,1H3,(H,28,31). The van der Waals surface area contributed by atoms with Gasteiger partial charge in [-0.05, 0) is 42.5 Å². The highest BCUT2D eigenvalue weighted by Crippen LogP contribution is 2.25. The van der Waals surface area contributed by atoms with Crippen LogP contribution in [0.4, 0.5) is 0 Å². The minimum absolute atomic E-state index is 0.0825. The Kier molecular flexibility index (Phi) is 8.79. The minimum atomic E-state index is -0.551. The number of hydrogen-bond acceptors (Lipinski definition) is 2. The Balaban J connectivity index is 1.82. The van der Waals surface area contributed by atoms with E-state index in [0.29, 0.717) is 16.5 Å². The molecular formula is C25H30Cl2N2O2. The zero-order valence-electron chi connectivity index (χ0n) is 17.9. The minimum Gasteiger partial charge on any atom is -0.352 e. The van der Waals surface area contributed by atoms with Crippen LogP contribution in [0.15, 0.2) is 48.5 Å². The second kappa shape index (κ2) is 11.5. The van der Waals surface area contributed by atoms with E-state index in [-0.39, 0.29) is 30.8 Å². The molecule has 4 nitrogen and oxygen atoms in total. The van der Waals surface area contributed by atoms with E-state index >= 15 is 0 Å². The number of carbonyl (C=O) groups excluding carboxylic acids is 2. The number of amides is 2. The third-order valence-electron chi connectivity index (χ3n) is 5.89. The molecule has 0 saturated heterocycles. The lowest BCUT2D eigenvalue weighted by Crippen LogP contribution is -2.52. The molecule has 1 unspecified atom stereocenters. The Bertz CT molecular complexity index is 882. The SMILES string of the molecule is CCC(C(=O)NC1CCCCC1)N(Cc1ccc(Cl)cc1Cl)C(=O)Cc1ccccc1. The van der Waals surface area contributed by atoms with Crippen LogP contribution in [-0.2, 0) is 22.6 Å². The molecule has 0 aliphatic heterocycles. The van der Waals surface area contributed by atoms with Crippen molar-refractivity contribution >= 4 is 35.0 Å². The van der Waals surface area contributed by atoms with Crippen LogP contribution in [-0.4, -0.2) is 28.8 Å². The number of halogens is 2. The van der Waals surface area contributed by atoms with Gasteiger partial charge in [0.25, 0.3) is 0 Å². The average Bonchev–Trinajstić information content (AvgIpc) is 2.76. The van der Waals surface area contributed by atoms with Gasteiger partial charge in [-0.25, -0.2) is 0 Å². The maximum atomic E-state index is 13.4. The maximum absolute atomic E-state index is 13.4. The predicted octanol–water partition coefficient (Wildman–Crippen LogP) is 5.79. The van der Waals surface area contributed by atoms with Crippen molar-refractivity contribution < 1.29 is 9.59 Å². The lowest BCUT2D eigenvalue weighted by atomic mass is 9.95. The first-order chi connectivity index (χ1) is 15.0. The van der Waals surface area contributed by atoms with E-state index < -0.39 is 6.04 Å². The van der Waals surface area contributed by atoms with E-state index in [0.717, 1.165) is 36.8 Å². The van der Waals surface area contributed by atoms with Crippen LogP contribution in [0.1, 0.15) is 56.6 Å². The Morgan fingerprint density at radius 2 is 1.77 bits per heavy atom. The number of benzene rings is 2. The summed E-state index contributed by atoms with van der Waals surface area (Å²) in [5, 5.41) is 4.22. The van der Waals surface area contributed by atoms with Gasteiger partial charge in [0.15, 0.2) is 0 Å². The van der Waals surface area contributed by atoms with Crippen LogP contribution in [0.5, 0.6) is 0 Å². The smallest absolute Gasteiger partial charge is 0.243 e. The third-order valence-corrected chi connectivity index (χ3v) is 6.48. The molecule has 31 heavy (non-hydrogen) atoms. The van der Waals surface area contributed by atoms with Crippen molar-refractivity contribution in [2.75, 3.05) is 0 Å². The molecule has 1 aliphatic carbocycles. The molecule has 2 aromatic carbocycles. The van der Waals surface area contributed by atoms with Crippen molar-refractivity contribution in [3.63, 3.8) is 0 Å². The zero-order valence-corrected chi connectivity index (χ0v) is 19.5. The first-order valence-electron chi connectivity index (χ1n) is 11.1. The molecular weight excluding hydrogens is 431 g/mol. The molecule has 1 aliphatic rings. The topological polar surface area (TPSA) is 49.4 Å². The van der Waals surface area contributed by atoms with Gasteiger partial charge in [-0.3, -0.25) is 9.59 Å². The second-order valence-electron chi connectivity index (χ2n) is 8.19. The summed E-state index contributed by atoms with van der Waals surface area (Å²) in [6, 6.07) is 14.5. The van der Waals surface area contributed by atoms with Gasteiger partial charge in [-0.2, -0.15) is 0 Å². The van der Waals surface area contributed by atoms with Crippen LogP contribution < -0.4 is 5.32 Å². The molecule has 2 amide bonds. The fraction of sp³-hybridized carbons (Fsp3) is 0.440. The highest BCUT2D eigenvalue weighted by Gasteiger charge is 2.30. The maximum Gasteiger partial charge on any atom is 0.243 e. The van der Waals surface area contributed by atoms with Crippen molar-refractivity contribution in [2.45, 2.75) is 70.5 Å². The van der Waals surface area contributed by atoms with Gasteiger partial charge in [0.2, 0.25) is 11.8 Å². The summed E-state index contributed by atoms with van der Waals surface area (Å²) >= 11 is 12.4.